The van der Waals surface area contributed by atoms with Gasteiger partial charge in [-0.25, -0.2) is 0 Å². The molecule has 0 unspecified atom stereocenters. The summed E-state index contributed by atoms with van der Waals surface area (Å²) in [5, 5.41) is 0. The zero-order valence-corrected chi connectivity index (χ0v) is 10.4. The fraction of sp³-hybridized carbons (Fsp3) is 0.417. The SMILES string of the molecule is Cc1[c]c(/C=N\[S@@+]([O-])C(C)(C)C)ccc1. The van der Waals surface area contributed by atoms with Crippen LogP contribution in [0.4, 0.5) is 0 Å². The molecule has 1 rings (SSSR count). The van der Waals surface area contributed by atoms with Crippen LogP contribution in [-0.2, 0) is 11.4 Å². The zero-order chi connectivity index (χ0) is 11.5. The molecule has 0 fully saturated rings. The van der Waals surface area contributed by atoms with Gasteiger partial charge in [0, 0.05) is 5.56 Å². The Balaban J connectivity index is 2.74. The maximum Gasteiger partial charge on any atom is 0.144 e. The second kappa shape index (κ2) is 4.81. The molecule has 1 radical (unpaired) electrons. The Labute approximate surface area is 94.7 Å². The molecule has 0 heterocycles. The van der Waals surface area contributed by atoms with Gasteiger partial charge in [0.15, 0.2) is 0 Å². The van der Waals surface area contributed by atoms with Gasteiger partial charge in [0.1, 0.15) is 16.1 Å². The average molecular weight is 222 g/mol. The van der Waals surface area contributed by atoms with Gasteiger partial charge in [0.05, 0.1) is 6.21 Å². The molecule has 1 aromatic carbocycles. The summed E-state index contributed by atoms with van der Waals surface area (Å²) in [4.78, 5) is 0. The lowest BCUT2D eigenvalue weighted by atomic mass is 10.2. The van der Waals surface area contributed by atoms with Gasteiger partial charge in [-0.2, -0.15) is 0 Å². The summed E-state index contributed by atoms with van der Waals surface area (Å²) in [5.74, 6) is 0. The Kier molecular flexibility index (Phi) is 3.94. The van der Waals surface area contributed by atoms with E-state index in [4.69, 9.17) is 0 Å². The number of rotatable bonds is 2. The summed E-state index contributed by atoms with van der Waals surface area (Å²) in [7, 11) is 0. The highest BCUT2D eigenvalue weighted by molar-refractivity contribution is 7.91. The smallest absolute Gasteiger partial charge is 0.144 e. The molecular formula is C12H16NOS. The van der Waals surface area contributed by atoms with Crippen LogP contribution in [0.2, 0.25) is 0 Å². The van der Waals surface area contributed by atoms with Gasteiger partial charge in [-0.1, -0.05) is 22.6 Å². The van der Waals surface area contributed by atoms with Crippen molar-refractivity contribution < 1.29 is 4.55 Å². The normalized spacial score (nSPS) is 14.5. The van der Waals surface area contributed by atoms with Crippen LogP contribution in [0.15, 0.2) is 22.6 Å². The lowest BCUT2D eigenvalue weighted by molar-refractivity contribution is 0.562. The topological polar surface area (TPSA) is 35.4 Å². The lowest BCUT2D eigenvalue weighted by Gasteiger charge is -2.17. The molecule has 81 valence electrons. The van der Waals surface area contributed by atoms with Crippen LogP contribution < -0.4 is 0 Å². The van der Waals surface area contributed by atoms with E-state index in [0.717, 1.165) is 11.1 Å². The molecule has 15 heavy (non-hydrogen) atoms. The molecule has 0 amide bonds. The molecule has 0 aliphatic heterocycles. The molecule has 0 saturated carbocycles. The van der Waals surface area contributed by atoms with Gasteiger partial charge < -0.3 is 4.55 Å². The second-order valence-electron chi connectivity index (χ2n) is 4.39. The number of hydrogen-bond acceptors (Lipinski definition) is 2. The number of benzene rings is 1. The van der Waals surface area contributed by atoms with Crippen LogP contribution in [0, 0.1) is 13.0 Å². The zero-order valence-electron chi connectivity index (χ0n) is 9.57. The molecule has 3 heteroatoms. The van der Waals surface area contributed by atoms with Crippen LogP contribution in [0.1, 0.15) is 31.9 Å². The van der Waals surface area contributed by atoms with Gasteiger partial charge in [-0.15, -0.1) is 0 Å². The van der Waals surface area contributed by atoms with E-state index in [9.17, 15) is 4.55 Å². The molecule has 2 nitrogen and oxygen atoms in total. The fourth-order valence-corrected chi connectivity index (χ4v) is 1.47. The van der Waals surface area contributed by atoms with Crippen molar-refractivity contribution >= 4 is 17.6 Å². The maximum absolute atomic E-state index is 11.6. The molecule has 0 N–H and O–H groups in total. The Bertz CT molecular complexity index is 355. The third kappa shape index (κ3) is 4.06. The summed E-state index contributed by atoms with van der Waals surface area (Å²) >= 11 is -1.19. The van der Waals surface area contributed by atoms with Gasteiger partial charge in [-0.05, 0) is 39.3 Å². The quantitative estimate of drug-likeness (QED) is 0.559. The Morgan fingerprint density at radius 3 is 2.60 bits per heavy atom. The van der Waals surface area contributed by atoms with Gasteiger partial charge in [-0.3, -0.25) is 0 Å². The standard InChI is InChI=1S/C12H16NOS/c1-10-6-5-7-11(8-10)9-13-15(14)12(2,3)4/h5-7,9H,1-4H3/b13-9-/t15-/m0/s1. The third-order valence-electron chi connectivity index (χ3n) is 1.77. The summed E-state index contributed by atoms with van der Waals surface area (Å²) < 4.78 is 15.3. The number of aryl methyl sites for hydroxylation is 1. The van der Waals surface area contributed by atoms with Crippen molar-refractivity contribution in [2.24, 2.45) is 4.40 Å². The van der Waals surface area contributed by atoms with Gasteiger partial charge in [0.25, 0.3) is 0 Å². The van der Waals surface area contributed by atoms with E-state index in [1.54, 1.807) is 6.21 Å². The predicted octanol–water partition coefficient (Wildman–Crippen LogP) is 2.68. The van der Waals surface area contributed by atoms with Crippen molar-refractivity contribution in [2.75, 3.05) is 0 Å². The Morgan fingerprint density at radius 2 is 2.07 bits per heavy atom. The van der Waals surface area contributed by atoms with Gasteiger partial charge in [0.2, 0.25) is 0 Å². The van der Waals surface area contributed by atoms with Crippen LogP contribution in [0.3, 0.4) is 0 Å². The van der Waals surface area contributed by atoms with E-state index >= 15 is 0 Å². The summed E-state index contributed by atoms with van der Waals surface area (Å²) in [6.07, 6.45) is 1.62. The number of hydrogen-bond donors (Lipinski definition) is 0. The predicted molar refractivity (Wildman–Crippen MR) is 65.5 cm³/mol. The van der Waals surface area contributed by atoms with Crippen LogP contribution in [0.25, 0.3) is 0 Å². The van der Waals surface area contributed by atoms with Crippen molar-refractivity contribution in [2.45, 2.75) is 32.4 Å². The van der Waals surface area contributed by atoms with Crippen molar-refractivity contribution in [3.8, 4) is 0 Å². The van der Waals surface area contributed by atoms with E-state index in [1.807, 2.05) is 45.9 Å². The highest BCUT2D eigenvalue weighted by Crippen LogP contribution is 2.16. The molecule has 1 aromatic rings. The monoisotopic (exact) mass is 222 g/mol. The second-order valence-corrected chi connectivity index (χ2v) is 6.32. The first-order valence-electron chi connectivity index (χ1n) is 4.84. The lowest BCUT2D eigenvalue weighted by Crippen LogP contribution is -2.25. The first-order chi connectivity index (χ1) is 6.89. The van der Waals surface area contributed by atoms with Gasteiger partial charge >= 0.3 is 0 Å². The molecule has 0 aromatic heterocycles. The van der Waals surface area contributed by atoms with E-state index in [2.05, 4.69) is 10.5 Å². The van der Waals surface area contributed by atoms with Crippen LogP contribution in [-0.4, -0.2) is 15.5 Å². The summed E-state index contributed by atoms with van der Waals surface area (Å²) in [6.45, 7) is 7.68. The minimum atomic E-state index is -1.19. The number of nitrogens with zero attached hydrogens (tertiary/aromatic N) is 1. The molecular weight excluding hydrogens is 206 g/mol. The average Bonchev–Trinajstić information content (AvgIpc) is 2.12. The van der Waals surface area contributed by atoms with E-state index in [0.29, 0.717) is 0 Å². The van der Waals surface area contributed by atoms with Crippen molar-refractivity contribution in [1.82, 2.24) is 0 Å². The summed E-state index contributed by atoms with van der Waals surface area (Å²) in [6, 6.07) is 8.94. The maximum atomic E-state index is 11.6. The highest BCUT2D eigenvalue weighted by Gasteiger charge is 2.25. The molecule has 0 aliphatic rings. The Morgan fingerprint density at radius 1 is 1.40 bits per heavy atom. The van der Waals surface area contributed by atoms with Crippen molar-refractivity contribution in [1.29, 1.82) is 0 Å². The molecule has 0 bridgehead atoms. The highest BCUT2D eigenvalue weighted by atomic mass is 32.2. The van der Waals surface area contributed by atoms with E-state index in [-0.39, 0.29) is 4.75 Å². The third-order valence-corrected chi connectivity index (χ3v) is 3.12. The first-order valence-corrected chi connectivity index (χ1v) is 5.95. The largest absolute Gasteiger partial charge is 0.591 e. The molecule has 0 aliphatic carbocycles. The van der Waals surface area contributed by atoms with E-state index in [1.165, 1.54) is 0 Å². The molecule has 1 atom stereocenters. The van der Waals surface area contributed by atoms with E-state index < -0.39 is 11.4 Å². The molecule has 0 saturated heterocycles. The Hall–Kier alpha value is -0.800. The van der Waals surface area contributed by atoms with Crippen LogP contribution in [0.5, 0.6) is 0 Å². The minimum Gasteiger partial charge on any atom is -0.591 e. The van der Waals surface area contributed by atoms with Crippen LogP contribution >= 0.6 is 0 Å². The molecule has 0 spiro atoms. The van der Waals surface area contributed by atoms with Crippen molar-refractivity contribution in [3.05, 3.63) is 35.4 Å². The van der Waals surface area contributed by atoms with Crippen molar-refractivity contribution in [3.63, 3.8) is 0 Å². The summed E-state index contributed by atoms with van der Waals surface area (Å²) in [5.41, 5.74) is 1.92. The fourth-order valence-electron chi connectivity index (χ4n) is 0.945. The minimum absolute atomic E-state index is 0.305. The first kappa shape index (κ1) is 12.3.